The molecule has 0 saturated carbocycles. The van der Waals surface area contributed by atoms with Gasteiger partial charge in [0, 0.05) is 30.9 Å². The number of amides is 1. The molecule has 2 N–H and O–H groups in total. The standard InChI is InChI=1S/C20H18N4O4/c25-18(17-22-19(28-23-17)14-6-2-1-3-7-14)21-16-8-4-5-13(9-16)10-24-11-15(12-24)20(26)27/h1-9,15H,10-12H2,(H,21,25)(H,26,27). The van der Waals surface area contributed by atoms with Gasteiger partial charge in [0.1, 0.15) is 0 Å². The monoisotopic (exact) mass is 378 g/mol. The minimum Gasteiger partial charge on any atom is -0.481 e. The van der Waals surface area contributed by atoms with E-state index in [2.05, 4.69) is 15.5 Å². The van der Waals surface area contributed by atoms with Crippen LogP contribution in [0.25, 0.3) is 11.5 Å². The van der Waals surface area contributed by atoms with Crippen molar-refractivity contribution in [2.24, 2.45) is 5.92 Å². The van der Waals surface area contributed by atoms with Crippen LogP contribution in [0, 0.1) is 5.92 Å². The molecule has 2 heterocycles. The van der Waals surface area contributed by atoms with Crippen LogP contribution in [0.5, 0.6) is 0 Å². The number of hydrogen-bond donors (Lipinski definition) is 2. The first-order chi connectivity index (χ1) is 13.6. The number of carbonyl (C=O) groups is 2. The highest BCUT2D eigenvalue weighted by Gasteiger charge is 2.32. The maximum atomic E-state index is 12.4. The smallest absolute Gasteiger partial charge is 0.309 e. The van der Waals surface area contributed by atoms with E-state index < -0.39 is 11.9 Å². The van der Waals surface area contributed by atoms with Crippen molar-refractivity contribution in [3.05, 3.63) is 66.0 Å². The molecule has 1 saturated heterocycles. The molecule has 8 heteroatoms. The van der Waals surface area contributed by atoms with Gasteiger partial charge in [-0.15, -0.1) is 0 Å². The van der Waals surface area contributed by atoms with Gasteiger partial charge in [-0.25, -0.2) is 0 Å². The summed E-state index contributed by atoms with van der Waals surface area (Å²) in [5.41, 5.74) is 2.34. The lowest BCUT2D eigenvalue weighted by molar-refractivity contribution is -0.147. The fraction of sp³-hybridized carbons (Fsp3) is 0.200. The second kappa shape index (κ2) is 7.61. The molecular formula is C20H18N4O4. The summed E-state index contributed by atoms with van der Waals surface area (Å²) in [6.45, 7) is 1.71. The molecule has 0 atom stereocenters. The van der Waals surface area contributed by atoms with Gasteiger partial charge in [-0.3, -0.25) is 14.5 Å². The molecule has 28 heavy (non-hydrogen) atoms. The highest BCUT2D eigenvalue weighted by Crippen LogP contribution is 2.21. The van der Waals surface area contributed by atoms with E-state index in [1.54, 1.807) is 6.07 Å². The second-order valence-electron chi connectivity index (χ2n) is 6.67. The molecule has 1 amide bonds. The number of carbonyl (C=O) groups excluding carboxylic acids is 1. The Morgan fingerprint density at radius 1 is 1.14 bits per heavy atom. The predicted molar refractivity (Wildman–Crippen MR) is 101 cm³/mol. The highest BCUT2D eigenvalue weighted by molar-refractivity contribution is 6.01. The highest BCUT2D eigenvalue weighted by atomic mass is 16.5. The molecular weight excluding hydrogens is 360 g/mol. The molecule has 0 spiro atoms. The molecule has 0 radical (unpaired) electrons. The van der Waals surface area contributed by atoms with E-state index in [0.29, 0.717) is 25.3 Å². The summed E-state index contributed by atoms with van der Waals surface area (Å²) in [4.78, 5) is 29.5. The quantitative estimate of drug-likeness (QED) is 0.678. The molecule has 2 aromatic carbocycles. The number of anilines is 1. The van der Waals surface area contributed by atoms with Gasteiger partial charge in [0.25, 0.3) is 17.6 Å². The van der Waals surface area contributed by atoms with Crippen molar-refractivity contribution in [1.82, 2.24) is 15.0 Å². The van der Waals surface area contributed by atoms with E-state index in [0.717, 1.165) is 11.1 Å². The van der Waals surface area contributed by atoms with Gasteiger partial charge in [0.05, 0.1) is 5.92 Å². The van der Waals surface area contributed by atoms with E-state index in [1.807, 2.05) is 53.4 Å². The minimum atomic E-state index is -0.757. The van der Waals surface area contributed by atoms with Crippen LogP contribution in [0.4, 0.5) is 5.69 Å². The summed E-state index contributed by atoms with van der Waals surface area (Å²) < 4.78 is 5.16. The number of hydrogen-bond acceptors (Lipinski definition) is 6. The van der Waals surface area contributed by atoms with Crippen molar-refractivity contribution in [3.63, 3.8) is 0 Å². The summed E-state index contributed by atoms with van der Waals surface area (Å²) in [5, 5.41) is 15.5. The summed E-state index contributed by atoms with van der Waals surface area (Å²) in [5.74, 6) is -1.27. The van der Waals surface area contributed by atoms with Gasteiger partial charge < -0.3 is 14.9 Å². The van der Waals surface area contributed by atoms with Gasteiger partial charge in [0.2, 0.25) is 0 Å². The van der Waals surface area contributed by atoms with Crippen molar-refractivity contribution >= 4 is 17.6 Å². The first-order valence-electron chi connectivity index (χ1n) is 8.83. The van der Waals surface area contributed by atoms with Crippen LogP contribution in [-0.2, 0) is 11.3 Å². The lowest BCUT2D eigenvalue weighted by Gasteiger charge is -2.36. The third kappa shape index (κ3) is 3.91. The van der Waals surface area contributed by atoms with E-state index in [-0.39, 0.29) is 17.6 Å². The van der Waals surface area contributed by atoms with Crippen LogP contribution in [-0.4, -0.2) is 45.1 Å². The van der Waals surface area contributed by atoms with E-state index in [4.69, 9.17) is 9.63 Å². The third-order valence-corrected chi connectivity index (χ3v) is 4.55. The zero-order chi connectivity index (χ0) is 19.5. The van der Waals surface area contributed by atoms with Crippen LogP contribution in [0.15, 0.2) is 59.1 Å². The number of carboxylic acids is 1. The topological polar surface area (TPSA) is 109 Å². The van der Waals surface area contributed by atoms with Crippen molar-refractivity contribution in [1.29, 1.82) is 0 Å². The maximum absolute atomic E-state index is 12.4. The van der Waals surface area contributed by atoms with Crippen LogP contribution < -0.4 is 5.32 Å². The molecule has 0 unspecified atom stereocenters. The SMILES string of the molecule is O=C(Nc1cccc(CN2CC(C(=O)O)C2)c1)c1noc(-c2ccccc2)n1. The van der Waals surface area contributed by atoms with Crippen molar-refractivity contribution < 1.29 is 19.2 Å². The zero-order valence-electron chi connectivity index (χ0n) is 14.9. The summed E-state index contributed by atoms with van der Waals surface area (Å²) in [6, 6.07) is 16.6. The lowest BCUT2D eigenvalue weighted by atomic mass is 9.99. The average Bonchev–Trinajstić information content (AvgIpc) is 3.15. The average molecular weight is 378 g/mol. The molecule has 0 aliphatic carbocycles. The summed E-state index contributed by atoms with van der Waals surface area (Å²) in [6.07, 6.45) is 0. The Balaban J connectivity index is 1.39. The molecule has 1 fully saturated rings. The number of aromatic nitrogens is 2. The minimum absolute atomic E-state index is 0.0451. The van der Waals surface area contributed by atoms with E-state index in [1.165, 1.54) is 0 Å². The Hall–Kier alpha value is -3.52. The molecule has 8 nitrogen and oxygen atoms in total. The molecule has 142 valence electrons. The molecule has 3 aromatic rings. The van der Waals surface area contributed by atoms with Gasteiger partial charge in [0.15, 0.2) is 0 Å². The van der Waals surface area contributed by atoms with E-state index in [9.17, 15) is 9.59 Å². The molecule has 1 aliphatic heterocycles. The Labute approximate surface area is 160 Å². The normalized spacial score (nSPS) is 14.4. The number of nitrogens with one attached hydrogen (secondary N) is 1. The van der Waals surface area contributed by atoms with Crippen LogP contribution in [0.1, 0.15) is 16.2 Å². The van der Waals surface area contributed by atoms with Gasteiger partial charge in [-0.05, 0) is 29.8 Å². The molecule has 1 aliphatic rings. The molecule has 4 rings (SSSR count). The second-order valence-corrected chi connectivity index (χ2v) is 6.67. The van der Waals surface area contributed by atoms with Crippen LogP contribution in [0.2, 0.25) is 0 Å². The van der Waals surface area contributed by atoms with Crippen LogP contribution in [0.3, 0.4) is 0 Å². The van der Waals surface area contributed by atoms with Crippen molar-refractivity contribution in [2.75, 3.05) is 18.4 Å². The van der Waals surface area contributed by atoms with Crippen LogP contribution >= 0.6 is 0 Å². The fourth-order valence-corrected chi connectivity index (χ4v) is 3.06. The number of rotatable bonds is 6. The van der Waals surface area contributed by atoms with E-state index >= 15 is 0 Å². The van der Waals surface area contributed by atoms with Crippen molar-refractivity contribution in [3.8, 4) is 11.5 Å². The third-order valence-electron chi connectivity index (χ3n) is 4.55. The summed E-state index contributed by atoms with van der Waals surface area (Å²) in [7, 11) is 0. The van der Waals surface area contributed by atoms with Gasteiger partial charge in [-0.1, -0.05) is 35.5 Å². The zero-order valence-corrected chi connectivity index (χ0v) is 14.9. The first kappa shape index (κ1) is 17.9. The maximum Gasteiger partial charge on any atom is 0.309 e. The summed E-state index contributed by atoms with van der Waals surface area (Å²) >= 11 is 0. The largest absolute Gasteiger partial charge is 0.481 e. The number of nitrogens with zero attached hydrogens (tertiary/aromatic N) is 3. The molecule has 1 aromatic heterocycles. The number of likely N-dealkylation sites (tertiary alicyclic amines) is 1. The lowest BCUT2D eigenvalue weighted by Crippen LogP contribution is -2.49. The van der Waals surface area contributed by atoms with Gasteiger partial charge >= 0.3 is 5.97 Å². The Bertz CT molecular complexity index is 996. The number of carboxylic acid groups (broad SMARTS) is 1. The Morgan fingerprint density at radius 2 is 1.93 bits per heavy atom. The number of benzene rings is 2. The predicted octanol–water partition coefficient (Wildman–Crippen LogP) is 2.51. The first-order valence-corrected chi connectivity index (χ1v) is 8.83. The Kier molecular flexibility index (Phi) is 4.86. The Morgan fingerprint density at radius 3 is 2.68 bits per heavy atom. The molecule has 0 bridgehead atoms. The number of aliphatic carboxylic acids is 1. The van der Waals surface area contributed by atoms with Crippen molar-refractivity contribution in [2.45, 2.75) is 6.54 Å². The fourth-order valence-electron chi connectivity index (χ4n) is 3.06. The van der Waals surface area contributed by atoms with Gasteiger partial charge in [-0.2, -0.15) is 4.98 Å².